The molecule has 1 aliphatic rings. The number of ether oxygens (including phenoxy) is 4. The second kappa shape index (κ2) is 8.60. The standard InChI is InChI=1S/C20H20O6/c21-18-13-25-19(22)20(26-18,14-23-11-16-7-3-1-4-8-16)15-24-12-17-9-5-2-6-10-17/h1-10H,11-15H2. The quantitative estimate of drug-likeness (QED) is 0.676. The van der Waals surface area contributed by atoms with Gasteiger partial charge in [0.15, 0.2) is 6.61 Å². The van der Waals surface area contributed by atoms with Crippen LogP contribution in [0.1, 0.15) is 11.1 Å². The molecule has 0 unspecified atom stereocenters. The number of carbonyl (C=O) groups is 2. The first-order chi connectivity index (χ1) is 12.7. The van der Waals surface area contributed by atoms with Gasteiger partial charge in [0, 0.05) is 0 Å². The van der Waals surface area contributed by atoms with Crippen molar-refractivity contribution in [3.05, 3.63) is 71.8 Å². The molecule has 2 aromatic carbocycles. The molecule has 0 aliphatic carbocycles. The summed E-state index contributed by atoms with van der Waals surface area (Å²) in [6.45, 7) is -0.0985. The maximum absolute atomic E-state index is 12.3. The van der Waals surface area contributed by atoms with Crippen LogP contribution in [0.25, 0.3) is 0 Å². The van der Waals surface area contributed by atoms with Gasteiger partial charge >= 0.3 is 11.9 Å². The lowest BCUT2D eigenvalue weighted by molar-refractivity contribution is -0.216. The number of hydrogen-bond acceptors (Lipinski definition) is 6. The van der Waals surface area contributed by atoms with Crippen LogP contribution in [-0.4, -0.2) is 37.4 Å². The van der Waals surface area contributed by atoms with Gasteiger partial charge in [-0.2, -0.15) is 0 Å². The first-order valence-corrected chi connectivity index (χ1v) is 8.30. The number of carbonyl (C=O) groups excluding carboxylic acids is 2. The van der Waals surface area contributed by atoms with Crippen molar-refractivity contribution in [2.24, 2.45) is 0 Å². The molecule has 3 rings (SSSR count). The van der Waals surface area contributed by atoms with Gasteiger partial charge in [0.2, 0.25) is 0 Å². The van der Waals surface area contributed by atoms with Crippen LogP contribution in [0.15, 0.2) is 60.7 Å². The van der Waals surface area contributed by atoms with E-state index >= 15 is 0 Å². The van der Waals surface area contributed by atoms with Crippen molar-refractivity contribution in [2.45, 2.75) is 18.8 Å². The second-order valence-corrected chi connectivity index (χ2v) is 6.00. The molecular weight excluding hydrogens is 336 g/mol. The van der Waals surface area contributed by atoms with Crippen molar-refractivity contribution in [1.82, 2.24) is 0 Å². The zero-order valence-corrected chi connectivity index (χ0v) is 14.3. The molecule has 0 bridgehead atoms. The monoisotopic (exact) mass is 356 g/mol. The van der Waals surface area contributed by atoms with Crippen LogP contribution in [0.3, 0.4) is 0 Å². The molecule has 1 heterocycles. The van der Waals surface area contributed by atoms with Gasteiger partial charge in [0.25, 0.3) is 5.60 Å². The molecule has 1 aliphatic heterocycles. The minimum absolute atomic E-state index is 0.138. The maximum atomic E-state index is 12.3. The van der Waals surface area contributed by atoms with Crippen molar-refractivity contribution < 1.29 is 28.5 Å². The number of esters is 2. The van der Waals surface area contributed by atoms with E-state index in [1.807, 2.05) is 60.7 Å². The van der Waals surface area contributed by atoms with Crippen LogP contribution in [0.4, 0.5) is 0 Å². The fraction of sp³-hybridized carbons (Fsp3) is 0.300. The number of cyclic esters (lactones) is 2. The van der Waals surface area contributed by atoms with Crippen LogP contribution in [0.2, 0.25) is 0 Å². The molecule has 0 N–H and O–H groups in total. The summed E-state index contributed by atoms with van der Waals surface area (Å²) in [5.41, 5.74) is 0.311. The molecule has 6 nitrogen and oxygen atoms in total. The largest absolute Gasteiger partial charge is 0.451 e. The number of hydrogen-bond donors (Lipinski definition) is 0. The summed E-state index contributed by atoms with van der Waals surface area (Å²) in [5, 5.41) is 0. The Morgan fingerprint density at radius 3 is 1.81 bits per heavy atom. The highest BCUT2D eigenvalue weighted by Crippen LogP contribution is 2.21. The first-order valence-electron chi connectivity index (χ1n) is 8.30. The number of rotatable bonds is 8. The molecule has 2 aromatic rings. The van der Waals surface area contributed by atoms with E-state index in [1.165, 1.54) is 0 Å². The highest BCUT2D eigenvalue weighted by atomic mass is 16.7. The lowest BCUT2D eigenvalue weighted by atomic mass is 10.1. The van der Waals surface area contributed by atoms with E-state index in [0.29, 0.717) is 0 Å². The topological polar surface area (TPSA) is 71.1 Å². The Morgan fingerprint density at radius 1 is 0.808 bits per heavy atom. The van der Waals surface area contributed by atoms with Crippen molar-refractivity contribution >= 4 is 11.9 Å². The molecule has 0 spiro atoms. The predicted octanol–water partition coefficient (Wildman–Crippen LogP) is 2.26. The molecule has 136 valence electrons. The van der Waals surface area contributed by atoms with Crippen LogP contribution in [0, 0.1) is 0 Å². The number of benzene rings is 2. The highest BCUT2D eigenvalue weighted by molar-refractivity contribution is 5.89. The average Bonchev–Trinajstić information content (AvgIpc) is 2.67. The Kier molecular flexibility index (Phi) is 5.99. The lowest BCUT2D eigenvalue weighted by Crippen LogP contribution is -2.56. The fourth-order valence-corrected chi connectivity index (χ4v) is 2.58. The SMILES string of the molecule is O=C1COC(=O)C(COCc2ccccc2)(COCc2ccccc2)O1. The van der Waals surface area contributed by atoms with Gasteiger partial charge in [-0.3, -0.25) is 0 Å². The lowest BCUT2D eigenvalue weighted by Gasteiger charge is -2.33. The average molecular weight is 356 g/mol. The Hall–Kier alpha value is -2.70. The predicted molar refractivity (Wildman–Crippen MR) is 92.0 cm³/mol. The Bertz CT molecular complexity index is 683. The zero-order valence-electron chi connectivity index (χ0n) is 14.3. The van der Waals surface area contributed by atoms with Crippen molar-refractivity contribution in [3.63, 3.8) is 0 Å². The van der Waals surface area contributed by atoms with Crippen molar-refractivity contribution in [2.75, 3.05) is 19.8 Å². The molecule has 6 heteroatoms. The second-order valence-electron chi connectivity index (χ2n) is 6.00. The minimum Gasteiger partial charge on any atom is -0.451 e. The summed E-state index contributed by atoms with van der Waals surface area (Å²) >= 11 is 0. The summed E-state index contributed by atoms with van der Waals surface area (Å²) in [6, 6.07) is 19.0. The fourth-order valence-electron chi connectivity index (χ4n) is 2.58. The van der Waals surface area contributed by atoms with E-state index in [0.717, 1.165) is 11.1 Å². The normalized spacial score (nSPS) is 16.0. The third kappa shape index (κ3) is 4.68. The Balaban J connectivity index is 1.61. The van der Waals surface area contributed by atoms with Crippen LogP contribution < -0.4 is 0 Å². The van der Waals surface area contributed by atoms with E-state index in [2.05, 4.69) is 0 Å². The molecule has 0 saturated carbocycles. The van der Waals surface area contributed by atoms with Gasteiger partial charge in [-0.1, -0.05) is 60.7 Å². The summed E-state index contributed by atoms with van der Waals surface area (Å²) in [7, 11) is 0. The zero-order chi connectivity index (χ0) is 18.2. The van der Waals surface area contributed by atoms with Gasteiger partial charge in [0.05, 0.1) is 13.2 Å². The van der Waals surface area contributed by atoms with Crippen molar-refractivity contribution in [3.8, 4) is 0 Å². The Labute approximate surface area is 151 Å². The molecular formula is C20H20O6. The third-order valence-corrected chi connectivity index (χ3v) is 3.90. The maximum Gasteiger partial charge on any atom is 0.356 e. The van der Waals surface area contributed by atoms with E-state index in [1.54, 1.807) is 0 Å². The highest BCUT2D eigenvalue weighted by Gasteiger charge is 2.48. The molecule has 0 amide bonds. The third-order valence-electron chi connectivity index (χ3n) is 3.90. The summed E-state index contributed by atoms with van der Waals surface area (Å²) < 4.78 is 21.5. The summed E-state index contributed by atoms with van der Waals surface area (Å²) in [4.78, 5) is 24.0. The van der Waals surface area contributed by atoms with E-state index in [9.17, 15) is 9.59 Å². The minimum atomic E-state index is -1.58. The Morgan fingerprint density at radius 2 is 1.31 bits per heavy atom. The van der Waals surface area contributed by atoms with Crippen molar-refractivity contribution in [1.29, 1.82) is 0 Å². The van der Waals surface area contributed by atoms with E-state index in [-0.39, 0.29) is 26.4 Å². The molecule has 0 atom stereocenters. The van der Waals surface area contributed by atoms with Gasteiger partial charge in [-0.15, -0.1) is 0 Å². The molecule has 1 saturated heterocycles. The summed E-state index contributed by atoms with van der Waals surface area (Å²) in [6.07, 6.45) is 0. The molecule has 26 heavy (non-hydrogen) atoms. The molecule has 0 radical (unpaired) electrons. The molecule has 0 aromatic heterocycles. The van der Waals surface area contributed by atoms with E-state index < -0.39 is 24.1 Å². The van der Waals surface area contributed by atoms with Gasteiger partial charge in [-0.05, 0) is 11.1 Å². The first kappa shape index (κ1) is 18.1. The van der Waals surface area contributed by atoms with Crippen LogP contribution >= 0.6 is 0 Å². The van der Waals surface area contributed by atoms with Gasteiger partial charge in [-0.25, -0.2) is 9.59 Å². The van der Waals surface area contributed by atoms with Gasteiger partial charge < -0.3 is 18.9 Å². The van der Waals surface area contributed by atoms with Crippen LogP contribution in [0.5, 0.6) is 0 Å². The smallest absolute Gasteiger partial charge is 0.356 e. The van der Waals surface area contributed by atoms with Crippen LogP contribution in [-0.2, 0) is 41.8 Å². The van der Waals surface area contributed by atoms with Gasteiger partial charge in [0.1, 0.15) is 13.2 Å². The summed E-state index contributed by atoms with van der Waals surface area (Å²) in [5.74, 6) is -1.27. The molecule has 1 fully saturated rings. The van der Waals surface area contributed by atoms with E-state index in [4.69, 9.17) is 18.9 Å².